The Morgan fingerprint density at radius 2 is 1.96 bits per heavy atom. The predicted molar refractivity (Wildman–Crippen MR) is 99.4 cm³/mol. The fourth-order valence-electron chi connectivity index (χ4n) is 2.97. The van der Waals surface area contributed by atoms with E-state index in [9.17, 15) is 18.0 Å². The van der Waals surface area contributed by atoms with Gasteiger partial charge in [-0.3, -0.25) is 9.59 Å². The molecule has 1 aromatic rings. The lowest BCUT2D eigenvalue weighted by atomic mass is 10.3. The van der Waals surface area contributed by atoms with Crippen molar-refractivity contribution < 1.29 is 32.2 Å². The molecule has 2 aliphatic rings. The molecule has 9 nitrogen and oxygen atoms in total. The van der Waals surface area contributed by atoms with E-state index in [-0.39, 0.29) is 41.3 Å². The fourth-order valence-corrected chi connectivity index (χ4v) is 4.56. The van der Waals surface area contributed by atoms with Crippen molar-refractivity contribution in [1.82, 2.24) is 4.31 Å². The minimum Gasteiger partial charge on any atom is -0.495 e. The highest BCUT2D eigenvalue weighted by Crippen LogP contribution is 2.38. The lowest BCUT2D eigenvalue weighted by Crippen LogP contribution is -2.40. The van der Waals surface area contributed by atoms with Crippen LogP contribution in [-0.4, -0.2) is 64.6 Å². The van der Waals surface area contributed by atoms with Crippen LogP contribution in [0.15, 0.2) is 23.1 Å². The van der Waals surface area contributed by atoms with E-state index >= 15 is 0 Å². The Hall–Kier alpha value is -2.17. The third kappa shape index (κ3) is 4.62. The molecule has 1 saturated carbocycles. The zero-order chi connectivity index (χ0) is 20.3. The maximum atomic E-state index is 12.9. The molecule has 1 heterocycles. The van der Waals surface area contributed by atoms with Gasteiger partial charge in [0.25, 0.3) is 5.91 Å². The third-order valence-electron chi connectivity index (χ3n) is 4.79. The molecular weight excluding hydrogens is 388 g/mol. The van der Waals surface area contributed by atoms with Crippen LogP contribution in [0.25, 0.3) is 0 Å². The molecule has 1 aliphatic heterocycles. The van der Waals surface area contributed by atoms with Gasteiger partial charge in [-0.15, -0.1) is 0 Å². The van der Waals surface area contributed by atoms with Crippen LogP contribution < -0.4 is 10.1 Å². The van der Waals surface area contributed by atoms with Crippen molar-refractivity contribution in [2.24, 2.45) is 11.8 Å². The van der Waals surface area contributed by atoms with Gasteiger partial charge in [-0.05, 0) is 30.5 Å². The van der Waals surface area contributed by atoms with E-state index in [0.717, 1.165) is 6.42 Å². The van der Waals surface area contributed by atoms with Crippen LogP contribution in [0.1, 0.15) is 13.3 Å². The number of sulfonamides is 1. The van der Waals surface area contributed by atoms with Gasteiger partial charge in [0.05, 0.1) is 26.2 Å². The number of amides is 1. The van der Waals surface area contributed by atoms with E-state index in [4.69, 9.17) is 14.2 Å². The Morgan fingerprint density at radius 3 is 2.57 bits per heavy atom. The molecule has 0 bridgehead atoms. The van der Waals surface area contributed by atoms with E-state index in [1.165, 1.54) is 29.6 Å². The second kappa shape index (κ2) is 8.46. The summed E-state index contributed by atoms with van der Waals surface area (Å²) in [5.74, 6) is -0.572. The number of carbonyl (C=O) groups is 2. The minimum absolute atomic E-state index is 0.0431. The largest absolute Gasteiger partial charge is 0.495 e. The van der Waals surface area contributed by atoms with Crippen molar-refractivity contribution in [1.29, 1.82) is 0 Å². The van der Waals surface area contributed by atoms with Crippen LogP contribution in [0.2, 0.25) is 0 Å². The first kappa shape index (κ1) is 20.6. The monoisotopic (exact) mass is 412 g/mol. The molecule has 10 heteroatoms. The summed E-state index contributed by atoms with van der Waals surface area (Å²) in [6.45, 7) is 2.67. The number of morpholine rings is 1. The maximum Gasteiger partial charge on any atom is 0.309 e. The average Bonchev–Trinajstić information content (AvgIpc) is 3.43. The van der Waals surface area contributed by atoms with Gasteiger partial charge in [0.15, 0.2) is 6.61 Å². The molecule has 1 N–H and O–H groups in total. The SMILES string of the molecule is COc1ccc(NC(=O)COC(=O)[C@H]2C[C@H]2C)cc1S(=O)(=O)N1CCOCC1. The van der Waals surface area contributed by atoms with Crippen LogP contribution in [0.4, 0.5) is 5.69 Å². The second-order valence-corrected chi connectivity index (χ2v) is 8.76. The number of esters is 1. The number of ether oxygens (including phenoxy) is 3. The van der Waals surface area contributed by atoms with Gasteiger partial charge < -0.3 is 19.5 Å². The lowest BCUT2D eigenvalue weighted by Gasteiger charge is -2.26. The number of benzene rings is 1. The molecule has 1 amide bonds. The van der Waals surface area contributed by atoms with Crippen molar-refractivity contribution in [3.63, 3.8) is 0 Å². The highest BCUT2D eigenvalue weighted by Gasteiger charge is 2.40. The Bertz CT molecular complexity index is 849. The number of rotatable bonds is 7. The first-order valence-electron chi connectivity index (χ1n) is 9.05. The number of nitrogens with one attached hydrogen (secondary N) is 1. The number of carbonyl (C=O) groups excluding carboxylic acids is 2. The molecule has 0 radical (unpaired) electrons. The fraction of sp³-hybridized carbons (Fsp3) is 0.556. The average molecular weight is 412 g/mol. The van der Waals surface area contributed by atoms with Crippen LogP contribution in [0.5, 0.6) is 5.75 Å². The normalized spacial score (nSPS) is 22.4. The van der Waals surface area contributed by atoms with Crippen molar-refractivity contribution in [3.05, 3.63) is 18.2 Å². The summed E-state index contributed by atoms with van der Waals surface area (Å²) < 4.78 is 42.6. The number of anilines is 1. The Kier molecular flexibility index (Phi) is 6.21. The topological polar surface area (TPSA) is 111 Å². The molecule has 28 heavy (non-hydrogen) atoms. The van der Waals surface area contributed by atoms with Crippen molar-refractivity contribution in [2.75, 3.05) is 45.3 Å². The standard InChI is InChI=1S/C18H24N2O7S/c1-12-9-14(12)18(22)27-11-17(21)19-13-3-4-15(25-2)16(10-13)28(23,24)20-5-7-26-8-6-20/h3-4,10,12,14H,5-9,11H2,1-2H3,(H,19,21)/t12-,14+/m1/s1. The summed E-state index contributed by atoms with van der Waals surface area (Å²) in [5, 5.41) is 2.56. The highest BCUT2D eigenvalue weighted by molar-refractivity contribution is 7.89. The van der Waals surface area contributed by atoms with Gasteiger partial charge >= 0.3 is 5.97 Å². The molecule has 1 saturated heterocycles. The number of hydrogen-bond acceptors (Lipinski definition) is 7. The zero-order valence-corrected chi connectivity index (χ0v) is 16.7. The van der Waals surface area contributed by atoms with Gasteiger partial charge in [-0.25, -0.2) is 8.42 Å². The summed E-state index contributed by atoms with van der Waals surface area (Å²) in [7, 11) is -2.43. The first-order chi connectivity index (χ1) is 13.3. The van der Waals surface area contributed by atoms with Gasteiger partial charge in [0.2, 0.25) is 10.0 Å². The van der Waals surface area contributed by atoms with Gasteiger partial charge in [0, 0.05) is 18.8 Å². The summed E-state index contributed by atoms with van der Waals surface area (Å²) in [6, 6.07) is 4.34. The summed E-state index contributed by atoms with van der Waals surface area (Å²) >= 11 is 0. The predicted octanol–water partition coefficient (Wildman–Crippen LogP) is 0.854. The third-order valence-corrected chi connectivity index (χ3v) is 6.71. The summed E-state index contributed by atoms with van der Waals surface area (Å²) in [5.41, 5.74) is 0.272. The summed E-state index contributed by atoms with van der Waals surface area (Å²) in [6.07, 6.45) is 0.779. The zero-order valence-electron chi connectivity index (χ0n) is 15.8. The van der Waals surface area contributed by atoms with E-state index in [0.29, 0.717) is 19.1 Å². The molecule has 3 rings (SSSR count). The van der Waals surface area contributed by atoms with Crippen LogP contribution in [0.3, 0.4) is 0 Å². The van der Waals surface area contributed by atoms with Crippen molar-refractivity contribution >= 4 is 27.6 Å². The van der Waals surface area contributed by atoms with Crippen LogP contribution >= 0.6 is 0 Å². The molecule has 1 aliphatic carbocycles. The van der Waals surface area contributed by atoms with Gasteiger partial charge in [0.1, 0.15) is 10.6 Å². The van der Waals surface area contributed by atoms with Gasteiger partial charge in [-0.1, -0.05) is 6.92 Å². The minimum atomic E-state index is -3.81. The van der Waals surface area contributed by atoms with Crippen LogP contribution in [0, 0.1) is 11.8 Å². The summed E-state index contributed by atoms with van der Waals surface area (Å²) in [4.78, 5) is 23.7. The molecule has 2 fully saturated rings. The van der Waals surface area contributed by atoms with E-state index in [1.807, 2.05) is 6.92 Å². The Labute approximate surface area is 164 Å². The lowest BCUT2D eigenvalue weighted by molar-refractivity contribution is -0.148. The Balaban J connectivity index is 1.69. The van der Waals surface area contributed by atoms with Crippen LogP contribution in [-0.2, 0) is 29.1 Å². The van der Waals surface area contributed by atoms with E-state index < -0.39 is 22.5 Å². The van der Waals surface area contributed by atoms with E-state index in [2.05, 4.69) is 5.32 Å². The number of hydrogen-bond donors (Lipinski definition) is 1. The molecule has 0 unspecified atom stereocenters. The molecule has 154 valence electrons. The number of nitrogens with zero attached hydrogens (tertiary/aromatic N) is 1. The Morgan fingerprint density at radius 1 is 1.29 bits per heavy atom. The first-order valence-corrected chi connectivity index (χ1v) is 10.5. The van der Waals surface area contributed by atoms with Crippen molar-refractivity contribution in [3.8, 4) is 5.75 Å². The van der Waals surface area contributed by atoms with E-state index in [1.54, 1.807) is 0 Å². The molecular formula is C18H24N2O7S. The molecule has 0 spiro atoms. The molecule has 0 aromatic heterocycles. The quantitative estimate of drug-likeness (QED) is 0.661. The smallest absolute Gasteiger partial charge is 0.309 e. The second-order valence-electron chi connectivity index (χ2n) is 6.86. The maximum absolute atomic E-state index is 12.9. The van der Waals surface area contributed by atoms with Crippen molar-refractivity contribution in [2.45, 2.75) is 18.2 Å². The number of methoxy groups -OCH3 is 1. The highest BCUT2D eigenvalue weighted by atomic mass is 32.2. The molecule has 2 atom stereocenters. The molecule has 1 aromatic carbocycles. The van der Waals surface area contributed by atoms with Gasteiger partial charge in [-0.2, -0.15) is 4.31 Å².